The highest BCUT2D eigenvalue weighted by Crippen LogP contribution is 2.24. The van der Waals surface area contributed by atoms with Crippen LogP contribution in [0.5, 0.6) is 0 Å². The zero-order valence-electron chi connectivity index (χ0n) is 8.55. The molecule has 1 aliphatic rings. The molecule has 0 atom stereocenters. The molecule has 0 amide bonds. The fraction of sp³-hybridized carbons (Fsp3) is 0.200. The fourth-order valence-electron chi connectivity index (χ4n) is 1.64. The second-order valence-corrected chi connectivity index (χ2v) is 4.42. The Morgan fingerprint density at radius 1 is 1.50 bits per heavy atom. The maximum absolute atomic E-state index is 5.91. The second kappa shape index (κ2) is 3.64. The van der Waals surface area contributed by atoms with Crippen LogP contribution >= 0.6 is 11.3 Å². The molecule has 0 radical (unpaired) electrons. The third-order valence-electron chi connectivity index (χ3n) is 2.37. The van der Waals surface area contributed by atoms with Gasteiger partial charge in [0.05, 0.1) is 11.4 Å². The molecule has 82 valence electrons. The molecule has 6 heteroatoms. The third kappa shape index (κ3) is 1.47. The van der Waals surface area contributed by atoms with Crippen molar-refractivity contribution in [2.45, 2.75) is 0 Å². The molecule has 0 saturated heterocycles. The number of nitrogen functional groups attached to an aromatic ring is 1. The Morgan fingerprint density at radius 3 is 3.12 bits per heavy atom. The first kappa shape index (κ1) is 9.41. The van der Waals surface area contributed by atoms with Crippen LogP contribution in [0.15, 0.2) is 28.6 Å². The van der Waals surface area contributed by atoms with Crippen LogP contribution in [-0.4, -0.2) is 28.8 Å². The number of hydrogen-bond donors (Lipinski definition) is 2. The van der Waals surface area contributed by atoms with Crippen molar-refractivity contribution >= 4 is 23.1 Å². The Hall–Kier alpha value is -1.82. The minimum Gasteiger partial charge on any atom is -0.383 e. The summed E-state index contributed by atoms with van der Waals surface area (Å²) >= 11 is 1.65. The van der Waals surface area contributed by atoms with Gasteiger partial charge in [-0.1, -0.05) is 6.07 Å². The molecular weight excluding hydrogens is 222 g/mol. The van der Waals surface area contributed by atoms with Crippen LogP contribution in [0.1, 0.15) is 0 Å². The number of aromatic nitrogens is 2. The number of aliphatic imine (C=N–C) groups is 1. The largest absolute Gasteiger partial charge is 0.383 e. The number of anilines is 1. The smallest absolute Gasteiger partial charge is 0.221 e. The molecule has 3 rings (SSSR count). The van der Waals surface area contributed by atoms with E-state index in [1.807, 2.05) is 23.6 Å². The monoisotopic (exact) mass is 233 g/mol. The topological polar surface area (TPSA) is 68.2 Å². The Kier molecular flexibility index (Phi) is 2.14. The SMILES string of the molecule is Nc1cc(-c2cccs2)nn1C1=NCCN1. The van der Waals surface area contributed by atoms with Crippen molar-refractivity contribution in [1.29, 1.82) is 0 Å². The maximum Gasteiger partial charge on any atom is 0.221 e. The summed E-state index contributed by atoms with van der Waals surface area (Å²) in [6, 6.07) is 5.90. The number of thiophene rings is 1. The van der Waals surface area contributed by atoms with E-state index < -0.39 is 0 Å². The lowest BCUT2D eigenvalue weighted by molar-refractivity contribution is 0.885. The van der Waals surface area contributed by atoms with Gasteiger partial charge in [0.25, 0.3) is 0 Å². The molecule has 0 bridgehead atoms. The minimum atomic E-state index is 0.608. The summed E-state index contributed by atoms with van der Waals surface area (Å²) in [5.41, 5.74) is 6.80. The van der Waals surface area contributed by atoms with Gasteiger partial charge in [-0.3, -0.25) is 0 Å². The van der Waals surface area contributed by atoms with Crippen LogP contribution in [0.25, 0.3) is 10.6 Å². The van der Waals surface area contributed by atoms with Gasteiger partial charge >= 0.3 is 0 Å². The molecule has 5 nitrogen and oxygen atoms in total. The molecule has 0 unspecified atom stereocenters. The normalized spacial score (nSPS) is 14.9. The first-order valence-electron chi connectivity index (χ1n) is 5.03. The Bertz CT molecular complexity index is 525. The summed E-state index contributed by atoms with van der Waals surface area (Å²) in [6.07, 6.45) is 0. The zero-order valence-corrected chi connectivity index (χ0v) is 9.37. The molecule has 2 aromatic rings. The van der Waals surface area contributed by atoms with E-state index in [1.165, 1.54) is 0 Å². The van der Waals surface area contributed by atoms with Crippen molar-refractivity contribution in [2.75, 3.05) is 18.8 Å². The molecule has 3 heterocycles. The number of nitrogens with two attached hydrogens (primary N) is 1. The van der Waals surface area contributed by atoms with Gasteiger partial charge in [-0.05, 0) is 11.4 Å². The van der Waals surface area contributed by atoms with Crippen LogP contribution in [0.2, 0.25) is 0 Å². The van der Waals surface area contributed by atoms with Gasteiger partial charge in [-0.2, -0.15) is 9.78 Å². The minimum absolute atomic E-state index is 0.608. The first-order valence-corrected chi connectivity index (χ1v) is 5.91. The molecule has 0 saturated carbocycles. The van der Waals surface area contributed by atoms with E-state index in [2.05, 4.69) is 15.4 Å². The quantitative estimate of drug-likeness (QED) is 0.772. The maximum atomic E-state index is 5.91. The molecule has 2 aromatic heterocycles. The first-order chi connectivity index (χ1) is 7.84. The summed E-state index contributed by atoms with van der Waals surface area (Å²) < 4.78 is 1.65. The highest BCUT2D eigenvalue weighted by Gasteiger charge is 2.14. The standard InChI is InChI=1S/C10H11N5S/c11-9-6-7(8-2-1-5-16-8)14-15(9)10-12-3-4-13-10/h1-2,5-6H,3-4,11H2,(H,12,13). The van der Waals surface area contributed by atoms with Gasteiger partial charge in [0.15, 0.2) is 0 Å². The van der Waals surface area contributed by atoms with Crippen molar-refractivity contribution in [3.05, 3.63) is 23.6 Å². The number of hydrogen-bond acceptors (Lipinski definition) is 5. The number of rotatable bonds is 1. The van der Waals surface area contributed by atoms with Crippen molar-refractivity contribution in [3.8, 4) is 10.6 Å². The Labute approximate surface area is 96.6 Å². The van der Waals surface area contributed by atoms with E-state index in [0.29, 0.717) is 5.82 Å². The molecule has 0 spiro atoms. The number of nitrogens with one attached hydrogen (secondary N) is 1. The third-order valence-corrected chi connectivity index (χ3v) is 3.26. The zero-order chi connectivity index (χ0) is 11.0. The highest BCUT2D eigenvalue weighted by atomic mass is 32.1. The molecule has 0 aromatic carbocycles. The van der Waals surface area contributed by atoms with Crippen molar-refractivity contribution in [1.82, 2.24) is 15.1 Å². The van der Waals surface area contributed by atoms with Crippen LogP contribution in [0.4, 0.5) is 5.82 Å². The van der Waals surface area contributed by atoms with E-state index in [9.17, 15) is 0 Å². The van der Waals surface area contributed by atoms with Gasteiger partial charge in [0.2, 0.25) is 5.96 Å². The summed E-state index contributed by atoms with van der Waals surface area (Å²) in [6.45, 7) is 1.63. The predicted molar refractivity (Wildman–Crippen MR) is 65.7 cm³/mol. The van der Waals surface area contributed by atoms with Crippen LogP contribution in [-0.2, 0) is 0 Å². The van der Waals surface area contributed by atoms with E-state index in [-0.39, 0.29) is 0 Å². The summed E-state index contributed by atoms with van der Waals surface area (Å²) in [5.74, 6) is 1.34. The lowest BCUT2D eigenvalue weighted by atomic mass is 10.3. The molecule has 1 aliphatic heterocycles. The van der Waals surface area contributed by atoms with Gasteiger partial charge in [0.1, 0.15) is 11.5 Å². The fourth-order valence-corrected chi connectivity index (χ4v) is 2.32. The Morgan fingerprint density at radius 2 is 2.44 bits per heavy atom. The van der Waals surface area contributed by atoms with Gasteiger partial charge in [-0.15, -0.1) is 11.3 Å². The second-order valence-electron chi connectivity index (χ2n) is 3.48. The summed E-state index contributed by atoms with van der Waals surface area (Å²) in [4.78, 5) is 5.41. The average molecular weight is 233 g/mol. The van der Waals surface area contributed by atoms with Gasteiger partial charge < -0.3 is 11.1 Å². The van der Waals surface area contributed by atoms with E-state index in [0.717, 1.165) is 29.6 Å². The summed E-state index contributed by atoms with van der Waals surface area (Å²) in [5, 5.41) is 9.61. The Balaban J connectivity index is 2.02. The lowest BCUT2D eigenvalue weighted by Crippen LogP contribution is -2.28. The van der Waals surface area contributed by atoms with E-state index in [4.69, 9.17) is 5.73 Å². The molecule has 3 N–H and O–H groups in total. The van der Waals surface area contributed by atoms with Crippen molar-refractivity contribution < 1.29 is 0 Å². The van der Waals surface area contributed by atoms with E-state index in [1.54, 1.807) is 16.0 Å². The van der Waals surface area contributed by atoms with Crippen LogP contribution < -0.4 is 11.1 Å². The molecular formula is C10H11N5S. The molecule has 16 heavy (non-hydrogen) atoms. The highest BCUT2D eigenvalue weighted by molar-refractivity contribution is 7.13. The number of nitrogens with zero attached hydrogens (tertiary/aromatic N) is 3. The van der Waals surface area contributed by atoms with Gasteiger partial charge in [0, 0.05) is 12.6 Å². The van der Waals surface area contributed by atoms with Crippen molar-refractivity contribution in [3.63, 3.8) is 0 Å². The predicted octanol–water partition coefficient (Wildman–Crippen LogP) is 1.00. The van der Waals surface area contributed by atoms with Crippen molar-refractivity contribution in [2.24, 2.45) is 4.99 Å². The van der Waals surface area contributed by atoms with E-state index >= 15 is 0 Å². The summed E-state index contributed by atoms with van der Waals surface area (Å²) in [7, 11) is 0. The molecule has 0 aliphatic carbocycles. The lowest BCUT2D eigenvalue weighted by Gasteiger charge is -2.02. The van der Waals surface area contributed by atoms with Crippen LogP contribution in [0.3, 0.4) is 0 Å². The molecule has 0 fully saturated rings. The van der Waals surface area contributed by atoms with Crippen LogP contribution in [0, 0.1) is 0 Å². The average Bonchev–Trinajstić information content (AvgIpc) is 2.97. The van der Waals surface area contributed by atoms with Gasteiger partial charge in [-0.25, -0.2) is 4.99 Å².